The zero-order valence-corrected chi connectivity index (χ0v) is 8.56. The predicted octanol–water partition coefficient (Wildman–Crippen LogP) is 0.426. The number of aromatic nitrogens is 3. The lowest BCUT2D eigenvalue weighted by Crippen LogP contribution is -2.39. The van der Waals surface area contributed by atoms with Crippen molar-refractivity contribution in [2.75, 3.05) is 0 Å². The zero-order chi connectivity index (χ0) is 10.3. The van der Waals surface area contributed by atoms with Gasteiger partial charge >= 0.3 is 6.01 Å². The molecule has 14 heavy (non-hydrogen) atoms. The van der Waals surface area contributed by atoms with E-state index >= 15 is 0 Å². The maximum atomic E-state index is 11.5. The minimum Gasteiger partial charge on any atom is -0.805 e. The molecule has 0 fully saturated rings. The van der Waals surface area contributed by atoms with Crippen LogP contribution in [-0.4, -0.2) is 9.78 Å². The van der Waals surface area contributed by atoms with Gasteiger partial charge in [0.2, 0.25) is 0 Å². The van der Waals surface area contributed by atoms with Crippen LogP contribution >= 0.6 is 0 Å². The summed E-state index contributed by atoms with van der Waals surface area (Å²) in [5, 5.41) is 15.5. The predicted molar refractivity (Wildman–Crippen MR) is 49.4 cm³/mol. The third-order valence-electron chi connectivity index (χ3n) is 2.12. The van der Waals surface area contributed by atoms with Crippen LogP contribution in [0.3, 0.4) is 0 Å². The van der Waals surface area contributed by atoms with Crippen LogP contribution in [0.2, 0.25) is 0 Å². The molecular weight excluding hydrogens is 178 g/mol. The van der Waals surface area contributed by atoms with Crippen LogP contribution in [0, 0.1) is 0 Å². The van der Waals surface area contributed by atoms with Crippen molar-refractivity contribution in [2.24, 2.45) is 0 Å². The van der Waals surface area contributed by atoms with Gasteiger partial charge in [-0.3, -0.25) is 0 Å². The summed E-state index contributed by atoms with van der Waals surface area (Å²) >= 11 is 0. The molecule has 0 spiro atoms. The topological polar surface area (TPSA) is 44.8 Å². The molecule has 0 aromatic rings. The fourth-order valence-electron chi connectivity index (χ4n) is 1.31. The molecule has 0 amide bonds. The minimum absolute atomic E-state index is 0.162. The van der Waals surface area contributed by atoms with Gasteiger partial charge in [-0.05, 0) is 32.9 Å². The van der Waals surface area contributed by atoms with Crippen molar-refractivity contribution in [1.29, 1.82) is 0 Å². The van der Waals surface area contributed by atoms with E-state index in [9.17, 15) is 5.11 Å². The average Bonchev–Trinajstić information content (AvgIpc) is 2.50. The molecule has 0 atom stereocenters. The highest BCUT2D eigenvalue weighted by molar-refractivity contribution is 5.18. The van der Waals surface area contributed by atoms with E-state index in [-0.39, 0.29) is 11.5 Å². The number of rotatable bonds is 0. The second kappa shape index (κ2) is 2.70. The highest BCUT2D eigenvalue weighted by Crippen LogP contribution is 2.14. The zero-order valence-electron chi connectivity index (χ0n) is 8.56. The molecular formula is C10H13N3O. The van der Waals surface area contributed by atoms with E-state index in [4.69, 9.17) is 0 Å². The summed E-state index contributed by atoms with van der Waals surface area (Å²) < 4.78 is 3.23. The van der Waals surface area contributed by atoms with Crippen molar-refractivity contribution in [3.63, 3.8) is 0 Å². The quantitative estimate of drug-likeness (QED) is 0.567. The summed E-state index contributed by atoms with van der Waals surface area (Å²) in [7, 11) is 0. The van der Waals surface area contributed by atoms with Gasteiger partial charge in [-0.15, -0.1) is 0 Å². The van der Waals surface area contributed by atoms with Gasteiger partial charge in [-0.25, -0.2) is 4.57 Å². The third kappa shape index (κ3) is 1.32. The van der Waals surface area contributed by atoms with Crippen molar-refractivity contribution in [3.8, 4) is 11.7 Å². The Hall–Kier alpha value is -1.58. The molecule has 0 saturated heterocycles. The summed E-state index contributed by atoms with van der Waals surface area (Å²) in [6.45, 7) is 6.04. The summed E-state index contributed by atoms with van der Waals surface area (Å²) in [4.78, 5) is 0. The second-order valence-corrected chi connectivity index (χ2v) is 4.33. The monoisotopic (exact) mass is 191 g/mol. The van der Waals surface area contributed by atoms with Crippen molar-refractivity contribution in [1.82, 2.24) is 9.78 Å². The Labute approximate surface area is 82.8 Å². The maximum absolute atomic E-state index is 11.5. The van der Waals surface area contributed by atoms with Crippen LogP contribution in [-0.2, 0) is 5.54 Å². The number of nitrogens with zero attached hydrogens (tertiary/aromatic N) is 3. The van der Waals surface area contributed by atoms with Crippen LogP contribution < -0.4 is 9.67 Å². The third-order valence-corrected chi connectivity index (χ3v) is 2.12. The molecule has 0 bridgehead atoms. The second-order valence-electron chi connectivity index (χ2n) is 4.33. The van der Waals surface area contributed by atoms with Crippen LogP contribution in [0.5, 0.6) is 6.01 Å². The first-order valence-corrected chi connectivity index (χ1v) is 4.56. The van der Waals surface area contributed by atoms with E-state index in [1.165, 1.54) is 4.57 Å². The Balaban J connectivity index is 2.65. The lowest BCUT2D eigenvalue weighted by molar-refractivity contribution is -0.655. The first kappa shape index (κ1) is 8.99. The summed E-state index contributed by atoms with van der Waals surface area (Å²) in [6.07, 6.45) is 3.60. The van der Waals surface area contributed by atoms with E-state index in [2.05, 4.69) is 5.10 Å². The minimum atomic E-state index is -0.234. The van der Waals surface area contributed by atoms with Gasteiger partial charge in [0.15, 0.2) is 5.69 Å². The molecule has 0 unspecified atom stereocenters. The molecule has 2 aliphatic heterocycles. The van der Waals surface area contributed by atoms with E-state index in [1.54, 1.807) is 10.9 Å². The normalized spacial score (nSPS) is 12.2. The van der Waals surface area contributed by atoms with E-state index < -0.39 is 0 Å². The molecule has 74 valence electrons. The lowest BCUT2D eigenvalue weighted by Gasteiger charge is -2.19. The molecule has 2 heterocycles. The van der Waals surface area contributed by atoms with Crippen LogP contribution in [0.1, 0.15) is 20.8 Å². The van der Waals surface area contributed by atoms with Gasteiger partial charge in [0, 0.05) is 5.10 Å². The number of hydrogen-bond donors (Lipinski definition) is 0. The molecule has 4 nitrogen and oxygen atoms in total. The van der Waals surface area contributed by atoms with Crippen molar-refractivity contribution < 1.29 is 9.67 Å². The van der Waals surface area contributed by atoms with Gasteiger partial charge in [-0.2, -0.15) is 4.68 Å². The standard InChI is InChI=1S/C10H13N3O/c1-10(2,3)13-7-8-5-4-6-12(8)9(14)11-13/h4-7H,1-3H3. The van der Waals surface area contributed by atoms with Crippen molar-refractivity contribution in [2.45, 2.75) is 26.3 Å². The Bertz CT molecular complexity index is 428. The lowest BCUT2D eigenvalue weighted by atomic mass is 10.1. The van der Waals surface area contributed by atoms with Gasteiger partial charge in [0.05, 0.1) is 17.9 Å². The molecule has 0 aromatic heterocycles. The Kier molecular flexibility index (Phi) is 1.74. The molecule has 0 N–H and O–H groups in total. The van der Waals surface area contributed by atoms with Crippen LogP contribution in [0.4, 0.5) is 0 Å². The maximum Gasteiger partial charge on any atom is 0.303 e. The Morgan fingerprint density at radius 1 is 1.43 bits per heavy atom. The van der Waals surface area contributed by atoms with Gasteiger partial charge < -0.3 is 5.11 Å². The average molecular weight is 191 g/mol. The van der Waals surface area contributed by atoms with Crippen molar-refractivity contribution in [3.05, 3.63) is 24.5 Å². The molecule has 2 rings (SSSR count). The molecule has 0 aromatic carbocycles. The van der Waals surface area contributed by atoms with Gasteiger partial charge in [0.1, 0.15) is 0 Å². The van der Waals surface area contributed by atoms with E-state index in [0.717, 1.165) is 5.69 Å². The Morgan fingerprint density at radius 3 is 2.79 bits per heavy atom. The summed E-state index contributed by atoms with van der Waals surface area (Å²) in [5.74, 6) is 0. The van der Waals surface area contributed by atoms with Crippen molar-refractivity contribution >= 4 is 0 Å². The van der Waals surface area contributed by atoms with E-state index in [1.807, 2.05) is 39.1 Å². The SMILES string of the molecule is CC(C)(C)n1cc2ccc[n+]-2c([O-])n1. The van der Waals surface area contributed by atoms with E-state index in [0.29, 0.717) is 0 Å². The highest BCUT2D eigenvalue weighted by atomic mass is 16.3. The first-order valence-electron chi connectivity index (χ1n) is 4.56. The molecule has 2 aliphatic rings. The highest BCUT2D eigenvalue weighted by Gasteiger charge is 2.20. The Morgan fingerprint density at radius 2 is 2.14 bits per heavy atom. The fourth-order valence-corrected chi connectivity index (χ4v) is 1.31. The molecule has 0 saturated carbocycles. The largest absolute Gasteiger partial charge is 0.805 e. The van der Waals surface area contributed by atoms with Crippen LogP contribution in [0.25, 0.3) is 5.69 Å². The van der Waals surface area contributed by atoms with Gasteiger partial charge in [0.25, 0.3) is 0 Å². The first-order chi connectivity index (χ1) is 6.48. The molecule has 0 aliphatic carbocycles. The molecule has 4 heteroatoms. The van der Waals surface area contributed by atoms with Gasteiger partial charge in [-0.1, -0.05) is 0 Å². The smallest absolute Gasteiger partial charge is 0.303 e. The van der Waals surface area contributed by atoms with Crippen LogP contribution in [0.15, 0.2) is 24.5 Å². The summed E-state index contributed by atoms with van der Waals surface area (Å²) in [5.41, 5.74) is 0.713. The molecule has 0 radical (unpaired) electrons. The number of hydrogen-bond acceptors (Lipinski definition) is 2. The fraction of sp³-hybridized carbons (Fsp3) is 0.400. The number of fused-ring (bicyclic) bond motifs is 1. The summed E-state index contributed by atoms with van der Waals surface area (Å²) in [6, 6.07) is 3.50.